The number of aromatic amines is 1. The van der Waals surface area contributed by atoms with E-state index < -0.39 is 0 Å². The van der Waals surface area contributed by atoms with E-state index in [1.54, 1.807) is 4.57 Å². The van der Waals surface area contributed by atoms with Crippen molar-refractivity contribution in [2.24, 2.45) is 5.10 Å². The van der Waals surface area contributed by atoms with Crippen molar-refractivity contribution in [2.75, 3.05) is 33.2 Å². The van der Waals surface area contributed by atoms with Gasteiger partial charge in [-0.2, -0.15) is 5.10 Å². The second kappa shape index (κ2) is 7.48. The third kappa shape index (κ3) is 3.70. The Labute approximate surface area is 146 Å². The zero-order valence-electron chi connectivity index (χ0n) is 14.1. The maximum atomic E-state index is 12.2. The van der Waals surface area contributed by atoms with Gasteiger partial charge in [0.25, 0.3) is 5.56 Å². The van der Waals surface area contributed by atoms with E-state index in [1.165, 1.54) is 12.6 Å². The van der Waals surface area contributed by atoms with Gasteiger partial charge in [0.15, 0.2) is 4.77 Å². The van der Waals surface area contributed by atoms with Crippen LogP contribution in [0.1, 0.15) is 43.7 Å². The van der Waals surface area contributed by atoms with Crippen LogP contribution in [0.5, 0.6) is 5.88 Å². The maximum absolute atomic E-state index is 12.2. The highest BCUT2D eigenvalue weighted by Gasteiger charge is 2.21. The lowest BCUT2D eigenvalue weighted by atomic mass is 9.95. The molecule has 0 unspecified atom stereocenters. The van der Waals surface area contributed by atoms with Gasteiger partial charge in [-0.15, -0.1) is 0 Å². The largest absolute Gasteiger partial charge is 0.494 e. The quantitative estimate of drug-likeness (QED) is 0.640. The normalized spacial score (nSPS) is 20.8. The molecule has 3 rings (SSSR count). The van der Waals surface area contributed by atoms with Gasteiger partial charge in [-0.1, -0.05) is 19.3 Å². The van der Waals surface area contributed by atoms with E-state index in [0.717, 1.165) is 51.9 Å². The van der Waals surface area contributed by atoms with Crippen LogP contribution in [-0.4, -0.2) is 64.0 Å². The van der Waals surface area contributed by atoms with Crippen LogP contribution < -0.4 is 5.56 Å². The average Bonchev–Trinajstić information content (AvgIpc) is 2.57. The monoisotopic (exact) mass is 351 g/mol. The molecule has 2 N–H and O–H groups in total. The first kappa shape index (κ1) is 17.2. The Morgan fingerprint density at radius 1 is 1.21 bits per heavy atom. The number of nitrogens with one attached hydrogen (secondary N) is 1. The minimum atomic E-state index is -0.387. The van der Waals surface area contributed by atoms with Gasteiger partial charge in [-0.05, 0) is 32.1 Å². The first-order valence-electron chi connectivity index (χ1n) is 8.61. The lowest BCUT2D eigenvalue weighted by molar-refractivity contribution is 0.159. The lowest BCUT2D eigenvalue weighted by Gasteiger charge is -2.30. The summed E-state index contributed by atoms with van der Waals surface area (Å²) in [6.45, 7) is 3.50. The summed E-state index contributed by atoms with van der Waals surface area (Å²) >= 11 is 5.28. The first-order chi connectivity index (χ1) is 11.6. The van der Waals surface area contributed by atoms with E-state index in [9.17, 15) is 9.90 Å². The third-order valence-electron chi connectivity index (χ3n) is 4.92. The summed E-state index contributed by atoms with van der Waals surface area (Å²) in [4.78, 5) is 17.1. The number of H-pyrrole nitrogens is 1. The number of nitrogens with zero attached hydrogens (tertiary/aromatic N) is 4. The van der Waals surface area contributed by atoms with Crippen molar-refractivity contribution in [1.29, 1.82) is 0 Å². The summed E-state index contributed by atoms with van der Waals surface area (Å²) in [5.41, 5.74) is -0.199. The molecule has 1 saturated carbocycles. The second-order valence-electron chi connectivity index (χ2n) is 6.66. The van der Waals surface area contributed by atoms with Crippen molar-refractivity contribution in [3.05, 3.63) is 20.7 Å². The summed E-state index contributed by atoms with van der Waals surface area (Å²) in [6, 6.07) is 0.152. The Bertz CT molecular complexity index is 712. The van der Waals surface area contributed by atoms with E-state index >= 15 is 0 Å². The zero-order chi connectivity index (χ0) is 17.1. The second-order valence-corrected chi connectivity index (χ2v) is 7.05. The molecule has 1 aromatic rings. The number of aromatic nitrogens is 2. The molecule has 2 fully saturated rings. The lowest BCUT2D eigenvalue weighted by Crippen LogP contribution is -2.41. The molecule has 24 heavy (non-hydrogen) atoms. The molecule has 1 saturated heterocycles. The van der Waals surface area contributed by atoms with Crippen molar-refractivity contribution in [3.8, 4) is 5.88 Å². The van der Waals surface area contributed by atoms with Crippen LogP contribution in [-0.2, 0) is 0 Å². The smallest absolute Gasteiger partial charge is 0.264 e. The summed E-state index contributed by atoms with van der Waals surface area (Å²) in [6.07, 6.45) is 6.87. The van der Waals surface area contributed by atoms with E-state index in [2.05, 4.69) is 22.0 Å². The molecule has 0 spiro atoms. The van der Waals surface area contributed by atoms with E-state index in [0.29, 0.717) is 4.77 Å². The Morgan fingerprint density at radius 2 is 1.88 bits per heavy atom. The molecule has 7 nitrogen and oxygen atoms in total. The molecule has 0 aromatic carbocycles. The minimum Gasteiger partial charge on any atom is -0.494 e. The fourth-order valence-electron chi connectivity index (χ4n) is 3.40. The Kier molecular flexibility index (Phi) is 5.35. The van der Waals surface area contributed by atoms with Gasteiger partial charge in [-0.3, -0.25) is 19.4 Å². The summed E-state index contributed by atoms with van der Waals surface area (Å²) < 4.78 is 1.99. The molecule has 0 bridgehead atoms. The molecule has 1 aliphatic heterocycles. The maximum Gasteiger partial charge on any atom is 0.264 e. The van der Waals surface area contributed by atoms with Gasteiger partial charge >= 0.3 is 0 Å². The molecule has 0 radical (unpaired) electrons. The van der Waals surface area contributed by atoms with Gasteiger partial charge in [0.05, 0.1) is 6.21 Å². The van der Waals surface area contributed by atoms with Crippen LogP contribution in [0.25, 0.3) is 0 Å². The van der Waals surface area contributed by atoms with Crippen LogP contribution in [0, 0.1) is 4.77 Å². The van der Waals surface area contributed by atoms with Crippen LogP contribution in [0.15, 0.2) is 9.90 Å². The fraction of sp³-hybridized carbons (Fsp3) is 0.688. The van der Waals surface area contributed by atoms with Gasteiger partial charge in [0.1, 0.15) is 5.56 Å². The Hall–Kier alpha value is -1.67. The van der Waals surface area contributed by atoms with Crippen molar-refractivity contribution < 1.29 is 5.11 Å². The van der Waals surface area contributed by atoms with Crippen LogP contribution in [0.4, 0.5) is 0 Å². The summed E-state index contributed by atoms with van der Waals surface area (Å²) in [7, 11) is 2.08. The van der Waals surface area contributed by atoms with Crippen molar-refractivity contribution in [1.82, 2.24) is 19.5 Å². The predicted molar refractivity (Wildman–Crippen MR) is 96.3 cm³/mol. The number of rotatable bonds is 3. The molecule has 0 amide bonds. The van der Waals surface area contributed by atoms with Gasteiger partial charge in [-0.25, -0.2) is 0 Å². The molecule has 1 aromatic heterocycles. The highest BCUT2D eigenvalue weighted by molar-refractivity contribution is 7.71. The molecular formula is C16H25N5O2S. The minimum absolute atomic E-state index is 0.0615. The zero-order valence-corrected chi connectivity index (χ0v) is 14.9. The van der Waals surface area contributed by atoms with Gasteiger partial charge < -0.3 is 10.0 Å². The standard InChI is InChI=1S/C16H25N5O2S/c1-19-7-9-20(10-8-19)17-11-13-14(22)18-16(24)21(15(13)23)12-5-3-2-4-6-12/h11-12,23H,2-10H2,1H3,(H,18,22,24)/b17-11+. The molecule has 1 aliphatic carbocycles. The molecular weight excluding hydrogens is 326 g/mol. The fourth-order valence-corrected chi connectivity index (χ4v) is 3.73. The Morgan fingerprint density at radius 3 is 2.54 bits per heavy atom. The summed E-state index contributed by atoms with van der Waals surface area (Å²) in [5.74, 6) is -0.0615. The van der Waals surface area contributed by atoms with E-state index in [4.69, 9.17) is 12.2 Å². The van der Waals surface area contributed by atoms with Crippen molar-refractivity contribution in [3.63, 3.8) is 0 Å². The Balaban J connectivity index is 1.87. The highest BCUT2D eigenvalue weighted by atomic mass is 32.1. The number of piperazine rings is 1. The number of aromatic hydroxyl groups is 1. The number of hydrogen-bond acceptors (Lipinski definition) is 6. The van der Waals surface area contributed by atoms with Gasteiger partial charge in [0, 0.05) is 32.2 Å². The van der Waals surface area contributed by atoms with Gasteiger partial charge in [0.2, 0.25) is 5.88 Å². The molecule has 8 heteroatoms. The number of likely N-dealkylation sites (N-methyl/N-ethyl adjacent to an activating group) is 1. The molecule has 2 heterocycles. The number of hydrogen-bond donors (Lipinski definition) is 2. The molecule has 2 aliphatic rings. The average molecular weight is 351 g/mol. The molecule has 0 atom stereocenters. The number of hydrazone groups is 1. The van der Waals surface area contributed by atoms with Crippen LogP contribution >= 0.6 is 12.2 Å². The summed E-state index contributed by atoms with van der Waals surface area (Å²) in [5, 5.41) is 16.9. The van der Waals surface area contributed by atoms with Crippen LogP contribution in [0.2, 0.25) is 0 Å². The molecule has 132 valence electrons. The van der Waals surface area contributed by atoms with E-state index in [1.807, 2.05) is 5.01 Å². The first-order valence-corrected chi connectivity index (χ1v) is 9.02. The van der Waals surface area contributed by atoms with Crippen LogP contribution in [0.3, 0.4) is 0 Å². The predicted octanol–water partition coefficient (Wildman–Crippen LogP) is 1.70. The SMILES string of the molecule is CN1CCN(/N=C/c2c(O)n(C3CCCCC3)c(=S)[nH]c2=O)CC1. The van der Waals surface area contributed by atoms with Crippen molar-refractivity contribution in [2.45, 2.75) is 38.1 Å². The van der Waals surface area contributed by atoms with E-state index in [-0.39, 0.29) is 23.0 Å². The topological polar surface area (TPSA) is 76.9 Å². The third-order valence-corrected chi connectivity index (χ3v) is 5.22. The van der Waals surface area contributed by atoms with Crippen molar-refractivity contribution >= 4 is 18.4 Å². The highest BCUT2D eigenvalue weighted by Crippen LogP contribution is 2.31.